The second-order valence-electron chi connectivity index (χ2n) is 6.23. The van der Waals surface area contributed by atoms with Crippen molar-refractivity contribution in [3.8, 4) is 0 Å². The molecule has 1 atom stereocenters. The Labute approximate surface area is 107 Å². The Kier molecular flexibility index (Phi) is 4.67. The van der Waals surface area contributed by atoms with Gasteiger partial charge in [-0.05, 0) is 50.5 Å². The summed E-state index contributed by atoms with van der Waals surface area (Å²) >= 11 is 0. The van der Waals surface area contributed by atoms with Gasteiger partial charge in [0.25, 0.3) is 0 Å². The predicted molar refractivity (Wildman–Crippen MR) is 75.2 cm³/mol. The lowest BCUT2D eigenvalue weighted by molar-refractivity contribution is 0.161. The van der Waals surface area contributed by atoms with Crippen molar-refractivity contribution in [1.29, 1.82) is 0 Å². The molecule has 1 heteroatoms. The van der Waals surface area contributed by atoms with Gasteiger partial charge in [-0.1, -0.05) is 44.8 Å². The number of nitrogens with one attached hydrogen (secondary N) is 1. The van der Waals surface area contributed by atoms with Crippen molar-refractivity contribution < 1.29 is 0 Å². The SMILES string of the molecule is CCNC(C1=CCCCC1)C1(C)CCCCC1. The van der Waals surface area contributed by atoms with E-state index in [0.717, 1.165) is 6.54 Å². The molecular formula is C16H29N. The maximum absolute atomic E-state index is 3.79. The van der Waals surface area contributed by atoms with Gasteiger partial charge in [0.2, 0.25) is 0 Å². The van der Waals surface area contributed by atoms with Crippen LogP contribution in [0.15, 0.2) is 11.6 Å². The Hall–Kier alpha value is -0.300. The summed E-state index contributed by atoms with van der Waals surface area (Å²) in [6, 6.07) is 0.660. The minimum atomic E-state index is 0.525. The second-order valence-corrected chi connectivity index (χ2v) is 6.23. The molecule has 0 radical (unpaired) electrons. The minimum Gasteiger partial charge on any atom is -0.310 e. The monoisotopic (exact) mass is 235 g/mol. The van der Waals surface area contributed by atoms with Crippen molar-refractivity contribution in [3.63, 3.8) is 0 Å². The van der Waals surface area contributed by atoms with Crippen LogP contribution in [0.25, 0.3) is 0 Å². The number of likely N-dealkylation sites (N-methyl/N-ethyl adjacent to an activating group) is 1. The molecule has 2 aliphatic rings. The molecule has 0 aromatic heterocycles. The zero-order valence-electron chi connectivity index (χ0n) is 11.7. The van der Waals surface area contributed by atoms with Crippen LogP contribution < -0.4 is 5.32 Å². The summed E-state index contributed by atoms with van der Waals surface area (Å²) in [5.41, 5.74) is 2.25. The Balaban J connectivity index is 2.11. The first-order chi connectivity index (χ1) is 8.26. The third-order valence-corrected chi connectivity index (χ3v) is 4.80. The molecule has 0 heterocycles. The van der Waals surface area contributed by atoms with Crippen molar-refractivity contribution in [3.05, 3.63) is 11.6 Å². The number of hydrogen-bond donors (Lipinski definition) is 1. The van der Waals surface area contributed by atoms with Crippen LogP contribution in [0, 0.1) is 5.41 Å². The highest BCUT2D eigenvalue weighted by Gasteiger charge is 2.36. The quantitative estimate of drug-likeness (QED) is 0.711. The van der Waals surface area contributed by atoms with E-state index in [2.05, 4.69) is 25.2 Å². The van der Waals surface area contributed by atoms with E-state index in [0.29, 0.717) is 11.5 Å². The summed E-state index contributed by atoms with van der Waals surface area (Å²) in [5.74, 6) is 0. The van der Waals surface area contributed by atoms with Gasteiger partial charge in [-0.3, -0.25) is 0 Å². The first kappa shape index (κ1) is 13.1. The molecule has 0 amide bonds. The fourth-order valence-corrected chi connectivity index (χ4v) is 3.80. The maximum atomic E-state index is 3.79. The molecule has 0 aromatic carbocycles. The zero-order chi connectivity index (χ0) is 12.1. The van der Waals surface area contributed by atoms with Crippen LogP contribution in [0.4, 0.5) is 0 Å². The molecule has 98 valence electrons. The van der Waals surface area contributed by atoms with Gasteiger partial charge in [0, 0.05) is 6.04 Å². The first-order valence-electron chi connectivity index (χ1n) is 7.68. The summed E-state index contributed by atoms with van der Waals surface area (Å²) in [7, 11) is 0. The summed E-state index contributed by atoms with van der Waals surface area (Å²) in [6.07, 6.45) is 15.2. The molecule has 0 bridgehead atoms. The molecule has 17 heavy (non-hydrogen) atoms. The van der Waals surface area contributed by atoms with Gasteiger partial charge in [-0.25, -0.2) is 0 Å². The van der Waals surface area contributed by atoms with Crippen LogP contribution in [0.5, 0.6) is 0 Å². The summed E-state index contributed by atoms with van der Waals surface area (Å²) in [4.78, 5) is 0. The Bertz CT molecular complexity index is 261. The molecule has 1 unspecified atom stereocenters. The molecule has 1 saturated carbocycles. The average Bonchev–Trinajstić information content (AvgIpc) is 2.38. The molecule has 2 aliphatic carbocycles. The van der Waals surface area contributed by atoms with Crippen molar-refractivity contribution in [2.24, 2.45) is 5.41 Å². The molecule has 0 spiro atoms. The topological polar surface area (TPSA) is 12.0 Å². The molecule has 2 rings (SSSR count). The third-order valence-electron chi connectivity index (χ3n) is 4.80. The van der Waals surface area contributed by atoms with Gasteiger partial charge in [0.15, 0.2) is 0 Å². The van der Waals surface area contributed by atoms with Crippen molar-refractivity contribution >= 4 is 0 Å². The molecule has 0 saturated heterocycles. The van der Waals surface area contributed by atoms with Crippen LogP contribution in [-0.2, 0) is 0 Å². The van der Waals surface area contributed by atoms with Gasteiger partial charge in [0.1, 0.15) is 0 Å². The highest BCUT2D eigenvalue weighted by molar-refractivity contribution is 5.18. The fraction of sp³-hybridized carbons (Fsp3) is 0.875. The number of rotatable bonds is 4. The minimum absolute atomic E-state index is 0.525. The Morgan fingerprint density at radius 1 is 1.18 bits per heavy atom. The van der Waals surface area contributed by atoms with E-state index in [4.69, 9.17) is 0 Å². The smallest absolute Gasteiger partial charge is 0.0333 e. The molecule has 1 N–H and O–H groups in total. The lowest BCUT2D eigenvalue weighted by Gasteiger charge is -2.43. The molecule has 1 fully saturated rings. The van der Waals surface area contributed by atoms with E-state index >= 15 is 0 Å². The summed E-state index contributed by atoms with van der Waals surface area (Å²) in [5, 5.41) is 3.79. The summed E-state index contributed by atoms with van der Waals surface area (Å²) in [6.45, 7) is 5.88. The average molecular weight is 235 g/mol. The normalized spacial score (nSPS) is 26.4. The molecular weight excluding hydrogens is 206 g/mol. The van der Waals surface area contributed by atoms with Crippen LogP contribution >= 0.6 is 0 Å². The molecule has 1 nitrogen and oxygen atoms in total. The van der Waals surface area contributed by atoms with Gasteiger partial charge in [-0.15, -0.1) is 0 Å². The van der Waals surface area contributed by atoms with Crippen molar-refractivity contribution in [2.45, 2.75) is 77.7 Å². The number of hydrogen-bond acceptors (Lipinski definition) is 1. The van der Waals surface area contributed by atoms with Crippen LogP contribution in [0.3, 0.4) is 0 Å². The Morgan fingerprint density at radius 3 is 2.53 bits per heavy atom. The van der Waals surface area contributed by atoms with Crippen LogP contribution in [-0.4, -0.2) is 12.6 Å². The van der Waals surface area contributed by atoms with E-state index in [1.165, 1.54) is 57.8 Å². The maximum Gasteiger partial charge on any atom is 0.0333 e. The van der Waals surface area contributed by atoms with Crippen molar-refractivity contribution in [1.82, 2.24) is 5.32 Å². The van der Waals surface area contributed by atoms with Crippen LogP contribution in [0.1, 0.15) is 71.6 Å². The van der Waals surface area contributed by atoms with Gasteiger partial charge < -0.3 is 5.32 Å². The zero-order valence-corrected chi connectivity index (χ0v) is 11.7. The van der Waals surface area contributed by atoms with E-state index in [-0.39, 0.29) is 0 Å². The number of allylic oxidation sites excluding steroid dienone is 1. The standard InChI is InChI=1S/C16H29N/c1-3-17-15(14-10-6-4-7-11-14)16(2)12-8-5-9-13-16/h10,15,17H,3-9,11-13H2,1-2H3. The molecule has 0 aliphatic heterocycles. The predicted octanol–water partition coefficient (Wildman–Crippen LogP) is 4.44. The largest absolute Gasteiger partial charge is 0.310 e. The van der Waals surface area contributed by atoms with Crippen molar-refractivity contribution in [2.75, 3.05) is 6.54 Å². The van der Waals surface area contributed by atoms with E-state index in [9.17, 15) is 0 Å². The third kappa shape index (κ3) is 3.13. The lowest BCUT2D eigenvalue weighted by Crippen LogP contribution is -2.46. The highest BCUT2D eigenvalue weighted by Crippen LogP contribution is 2.42. The Morgan fingerprint density at radius 2 is 1.94 bits per heavy atom. The van der Waals surface area contributed by atoms with E-state index < -0.39 is 0 Å². The van der Waals surface area contributed by atoms with Crippen LogP contribution in [0.2, 0.25) is 0 Å². The van der Waals surface area contributed by atoms with Gasteiger partial charge in [0.05, 0.1) is 0 Å². The molecule has 0 aromatic rings. The van der Waals surface area contributed by atoms with E-state index in [1.807, 2.05) is 0 Å². The summed E-state index contributed by atoms with van der Waals surface area (Å²) < 4.78 is 0. The van der Waals surface area contributed by atoms with Gasteiger partial charge >= 0.3 is 0 Å². The van der Waals surface area contributed by atoms with E-state index in [1.54, 1.807) is 5.57 Å². The second kappa shape index (κ2) is 6.04. The fourth-order valence-electron chi connectivity index (χ4n) is 3.80. The van der Waals surface area contributed by atoms with Gasteiger partial charge in [-0.2, -0.15) is 0 Å². The lowest BCUT2D eigenvalue weighted by atomic mass is 9.67. The first-order valence-corrected chi connectivity index (χ1v) is 7.68. The highest BCUT2D eigenvalue weighted by atomic mass is 14.9.